The molecule has 31 heavy (non-hydrogen) atoms. The lowest BCUT2D eigenvalue weighted by Gasteiger charge is -2.39. The molecule has 1 fully saturated rings. The summed E-state index contributed by atoms with van der Waals surface area (Å²) in [5.74, 6) is -1.06. The number of carbonyl (C=O) groups excluding carboxylic acids is 1. The van der Waals surface area contributed by atoms with Gasteiger partial charge in [-0.05, 0) is 35.6 Å². The summed E-state index contributed by atoms with van der Waals surface area (Å²) in [5.41, 5.74) is 1.71. The lowest BCUT2D eigenvalue weighted by Crippen LogP contribution is -2.51. The number of carbonyl (C=O) groups is 2. The number of amides is 2. The Labute approximate surface area is 185 Å². The standard InChI is InChI=1S/C24H25N3O3S/c28-23(29)19-9-4-5-10-20(19)25-24(30)27-14-12-26(13-15-27)21(22-11-6-16-31-22)17-18-7-2-1-3-8-18/h1-11,16,21H,12-15,17H2,(H,25,30)(H,28,29). The molecule has 7 heteroatoms. The smallest absolute Gasteiger partial charge is 0.337 e. The van der Waals surface area contributed by atoms with Gasteiger partial charge in [0, 0.05) is 37.1 Å². The minimum Gasteiger partial charge on any atom is -0.478 e. The van der Waals surface area contributed by atoms with Crippen LogP contribution in [0.4, 0.5) is 10.5 Å². The van der Waals surface area contributed by atoms with Crippen molar-refractivity contribution in [2.45, 2.75) is 12.5 Å². The van der Waals surface area contributed by atoms with Crippen molar-refractivity contribution < 1.29 is 14.7 Å². The first-order valence-corrected chi connectivity index (χ1v) is 11.2. The number of carboxylic acids is 1. The molecule has 1 saturated heterocycles. The molecule has 2 aromatic carbocycles. The zero-order valence-electron chi connectivity index (χ0n) is 17.1. The predicted molar refractivity (Wildman–Crippen MR) is 123 cm³/mol. The number of urea groups is 1. The number of benzene rings is 2. The van der Waals surface area contributed by atoms with E-state index in [1.54, 1.807) is 34.4 Å². The maximum atomic E-state index is 12.7. The van der Waals surface area contributed by atoms with Crippen molar-refractivity contribution in [3.05, 3.63) is 88.1 Å². The van der Waals surface area contributed by atoms with Gasteiger partial charge in [0.2, 0.25) is 0 Å². The minimum absolute atomic E-state index is 0.0927. The summed E-state index contributed by atoms with van der Waals surface area (Å²) in [6, 6.07) is 21.2. The largest absolute Gasteiger partial charge is 0.478 e. The summed E-state index contributed by atoms with van der Waals surface area (Å²) in [7, 11) is 0. The normalized spacial score (nSPS) is 15.4. The molecular weight excluding hydrogens is 410 g/mol. The molecule has 0 spiro atoms. The fourth-order valence-corrected chi connectivity index (χ4v) is 4.80. The molecule has 1 aliphatic heterocycles. The molecule has 0 saturated carbocycles. The number of anilines is 1. The molecule has 0 bridgehead atoms. The van der Waals surface area contributed by atoms with Gasteiger partial charge in [0.1, 0.15) is 0 Å². The van der Waals surface area contributed by atoms with Crippen LogP contribution in [-0.4, -0.2) is 53.1 Å². The molecule has 0 radical (unpaired) electrons. The first kappa shape index (κ1) is 21.1. The van der Waals surface area contributed by atoms with E-state index in [1.807, 2.05) is 6.07 Å². The summed E-state index contributed by atoms with van der Waals surface area (Å²) in [6.07, 6.45) is 0.930. The van der Waals surface area contributed by atoms with Crippen LogP contribution in [0.1, 0.15) is 26.8 Å². The van der Waals surface area contributed by atoms with Crippen LogP contribution in [-0.2, 0) is 6.42 Å². The monoisotopic (exact) mass is 435 g/mol. The van der Waals surface area contributed by atoms with Gasteiger partial charge in [-0.3, -0.25) is 4.90 Å². The number of nitrogens with one attached hydrogen (secondary N) is 1. The average Bonchev–Trinajstić information content (AvgIpc) is 3.33. The van der Waals surface area contributed by atoms with E-state index < -0.39 is 5.97 Å². The first-order chi connectivity index (χ1) is 15.1. The van der Waals surface area contributed by atoms with Crippen molar-refractivity contribution in [3.63, 3.8) is 0 Å². The van der Waals surface area contributed by atoms with Crippen LogP contribution in [0.15, 0.2) is 72.1 Å². The van der Waals surface area contributed by atoms with Crippen molar-refractivity contribution >= 4 is 29.0 Å². The summed E-state index contributed by atoms with van der Waals surface area (Å²) in [6.45, 7) is 2.72. The zero-order chi connectivity index (χ0) is 21.6. The Balaban J connectivity index is 1.41. The van der Waals surface area contributed by atoms with Gasteiger partial charge in [0.25, 0.3) is 0 Å². The van der Waals surface area contributed by atoms with Crippen LogP contribution in [0, 0.1) is 0 Å². The van der Waals surface area contributed by atoms with Gasteiger partial charge >= 0.3 is 12.0 Å². The lowest BCUT2D eigenvalue weighted by molar-refractivity contribution is 0.0698. The van der Waals surface area contributed by atoms with Crippen LogP contribution >= 0.6 is 11.3 Å². The molecule has 2 amide bonds. The highest BCUT2D eigenvalue weighted by Crippen LogP contribution is 2.30. The number of nitrogens with zero attached hydrogens (tertiary/aromatic N) is 2. The highest BCUT2D eigenvalue weighted by atomic mass is 32.1. The van der Waals surface area contributed by atoms with Gasteiger partial charge < -0.3 is 15.3 Å². The molecule has 2 heterocycles. The molecular formula is C24H25N3O3S. The summed E-state index contributed by atoms with van der Waals surface area (Å²) < 4.78 is 0. The average molecular weight is 436 g/mol. The second-order valence-electron chi connectivity index (χ2n) is 7.52. The topological polar surface area (TPSA) is 72.9 Å². The predicted octanol–water partition coefficient (Wildman–Crippen LogP) is 4.58. The van der Waals surface area contributed by atoms with E-state index in [9.17, 15) is 14.7 Å². The van der Waals surface area contributed by atoms with E-state index >= 15 is 0 Å². The van der Waals surface area contributed by atoms with Crippen molar-refractivity contribution in [3.8, 4) is 0 Å². The molecule has 2 N–H and O–H groups in total. The van der Waals surface area contributed by atoms with Crippen molar-refractivity contribution in [2.24, 2.45) is 0 Å². The van der Waals surface area contributed by atoms with Crippen LogP contribution in [0.25, 0.3) is 0 Å². The van der Waals surface area contributed by atoms with E-state index in [-0.39, 0.29) is 17.6 Å². The molecule has 4 rings (SSSR count). The molecule has 160 valence electrons. The van der Waals surface area contributed by atoms with Crippen molar-refractivity contribution in [1.82, 2.24) is 9.80 Å². The molecule has 1 aromatic heterocycles. The summed E-state index contributed by atoms with van der Waals surface area (Å²) in [4.78, 5) is 29.7. The van der Waals surface area contributed by atoms with Gasteiger partial charge in [-0.1, -0.05) is 48.5 Å². The molecule has 0 aliphatic carbocycles. The number of rotatable bonds is 6. The number of thiophene rings is 1. The second-order valence-corrected chi connectivity index (χ2v) is 8.50. The highest BCUT2D eigenvalue weighted by Gasteiger charge is 2.28. The number of hydrogen-bond donors (Lipinski definition) is 2. The minimum atomic E-state index is -1.06. The Morgan fingerprint density at radius 2 is 1.65 bits per heavy atom. The van der Waals surface area contributed by atoms with Gasteiger partial charge in [-0.15, -0.1) is 11.3 Å². The number of para-hydroxylation sites is 1. The van der Waals surface area contributed by atoms with Crippen LogP contribution in [0.3, 0.4) is 0 Å². The van der Waals surface area contributed by atoms with Gasteiger partial charge in [-0.2, -0.15) is 0 Å². The number of hydrogen-bond acceptors (Lipinski definition) is 4. The Hall–Kier alpha value is -3.16. The summed E-state index contributed by atoms with van der Waals surface area (Å²) in [5, 5.41) is 14.2. The van der Waals surface area contributed by atoms with Crippen molar-refractivity contribution in [1.29, 1.82) is 0 Å². The molecule has 3 aromatic rings. The Kier molecular flexibility index (Phi) is 6.64. The van der Waals surface area contributed by atoms with Crippen LogP contribution in [0.2, 0.25) is 0 Å². The van der Waals surface area contributed by atoms with E-state index in [0.717, 1.165) is 19.5 Å². The molecule has 6 nitrogen and oxygen atoms in total. The van der Waals surface area contributed by atoms with Crippen LogP contribution in [0.5, 0.6) is 0 Å². The van der Waals surface area contributed by atoms with E-state index in [0.29, 0.717) is 18.8 Å². The van der Waals surface area contributed by atoms with Crippen molar-refractivity contribution in [2.75, 3.05) is 31.5 Å². The fraction of sp³-hybridized carbons (Fsp3) is 0.250. The molecule has 1 aliphatic rings. The lowest BCUT2D eigenvalue weighted by atomic mass is 10.0. The molecule has 1 atom stereocenters. The van der Waals surface area contributed by atoms with Crippen LogP contribution < -0.4 is 5.32 Å². The van der Waals surface area contributed by atoms with Gasteiger partial charge in [0.15, 0.2) is 0 Å². The van der Waals surface area contributed by atoms with Gasteiger partial charge in [0.05, 0.1) is 11.3 Å². The SMILES string of the molecule is O=C(O)c1ccccc1NC(=O)N1CCN(C(Cc2ccccc2)c2cccs2)CC1. The Bertz CT molecular complexity index is 1020. The number of piperazine rings is 1. The number of aromatic carboxylic acids is 1. The first-order valence-electron chi connectivity index (χ1n) is 10.3. The fourth-order valence-electron chi connectivity index (χ4n) is 3.94. The maximum Gasteiger partial charge on any atom is 0.337 e. The third-order valence-electron chi connectivity index (χ3n) is 5.58. The quantitative estimate of drug-likeness (QED) is 0.594. The molecule has 1 unspecified atom stereocenters. The van der Waals surface area contributed by atoms with Gasteiger partial charge in [-0.25, -0.2) is 9.59 Å². The Morgan fingerprint density at radius 1 is 0.935 bits per heavy atom. The zero-order valence-corrected chi connectivity index (χ0v) is 17.9. The Morgan fingerprint density at radius 3 is 2.32 bits per heavy atom. The van der Waals surface area contributed by atoms with E-state index in [1.165, 1.54) is 16.5 Å². The van der Waals surface area contributed by atoms with E-state index in [4.69, 9.17) is 0 Å². The summed E-state index contributed by atoms with van der Waals surface area (Å²) >= 11 is 1.77. The number of carboxylic acid groups (broad SMARTS) is 1. The second kappa shape index (κ2) is 9.76. The third-order valence-corrected chi connectivity index (χ3v) is 6.56. The van der Waals surface area contributed by atoms with E-state index in [2.05, 4.69) is 52.0 Å². The highest BCUT2D eigenvalue weighted by molar-refractivity contribution is 7.10. The maximum absolute atomic E-state index is 12.7. The third kappa shape index (κ3) is 5.13.